The van der Waals surface area contributed by atoms with Gasteiger partial charge in [0.25, 0.3) is 0 Å². The normalized spacial score (nSPS) is 28.1. The maximum atomic E-state index is 13.1. The minimum atomic E-state index is -1.23. The second-order valence-corrected chi connectivity index (χ2v) is 8.89. The molecule has 1 unspecified atom stereocenters. The molecule has 0 aromatic heterocycles. The third kappa shape index (κ3) is 4.44. The summed E-state index contributed by atoms with van der Waals surface area (Å²) in [6.07, 6.45) is -0.221. The van der Waals surface area contributed by atoms with Gasteiger partial charge in [-0.15, -0.1) is 0 Å². The Bertz CT molecular complexity index is 1070. The maximum Gasteiger partial charge on any atom is 0.341 e. The third-order valence-electron chi connectivity index (χ3n) is 6.46. The highest BCUT2D eigenvalue weighted by molar-refractivity contribution is 5.84. The standard InChI is InChI=1S/C28H28O5/c1-27(32-20-23-15-9-4-10-16-23)25(31-19-22-13-7-3-8-14-22)28(33-26(27)29)17-24(28)30-18-21-11-5-2-6-12-21/h2-16,24-25H,17-20H2,1H3/t24-,25+,27-,28?/m1/s1. The van der Waals surface area contributed by atoms with Crippen LogP contribution in [-0.2, 0) is 43.6 Å². The van der Waals surface area contributed by atoms with Gasteiger partial charge < -0.3 is 18.9 Å². The molecule has 1 aliphatic carbocycles. The van der Waals surface area contributed by atoms with Crippen LogP contribution in [0.1, 0.15) is 30.0 Å². The minimum absolute atomic E-state index is 0.232. The van der Waals surface area contributed by atoms with Gasteiger partial charge >= 0.3 is 5.97 Å². The molecule has 2 fully saturated rings. The van der Waals surface area contributed by atoms with E-state index in [0.29, 0.717) is 26.2 Å². The average Bonchev–Trinajstić information content (AvgIpc) is 3.50. The second-order valence-electron chi connectivity index (χ2n) is 8.89. The summed E-state index contributed by atoms with van der Waals surface area (Å²) in [5.41, 5.74) is 1.04. The fourth-order valence-corrected chi connectivity index (χ4v) is 4.48. The lowest BCUT2D eigenvalue weighted by Crippen LogP contribution is -2.49. The molecule has 2 aliphatic rings. The third-order valence-corrected chi connectivity index (χ3v) is 6.46. The number of carbonyl (C=O) groups excluding carboxylic acids is 1. The van der Waals surface area contributed by atoms with E-state index in [1.165, 1.54) is 0 Å². The smallest absolute Gasteiger partial charge is 0.341 e. The van der Waals surface area contributed by atoms with E-state index in [2.05, 4.69) is 0 Å². The molecule has 33 heavy (non-hydrogen) atoms. The molecule has 0 N–H and O–H groups in total. The average molecular weight is 445 g/mol. The molecule has 0 radical (unpaired) electrons. The summed E-state index contributed by atoms with van der Waals surface area (Å²) in [7, 11) is 0. The van der Waals surface area contributed by atoms with Crippen molar-refractivity contribution in [3.63, 3.8) is 0 Å². The van der Waals surface area contributed by atoms with E-state index in [9.17, 15) is 4.79 Å². The monoisotopic (exact) mass is 444 g/mol. The van der Waals surface area contributed by atoms with E-state index in [1.807, 2.05) is 91.0 Å². The quantitative estimate of drug-likeness (QED) is 0.443. The first kappa shape index (κ1) is 21.8. The maximum absolute atomic E-state index is 13.1. The molecule has 170 valence electrons. The summed E-state index contributed by atoms with van der Waals surface area (Å²) < 4.78 is 24.7. The highest BCUT2D eigenvalue weighted by atomic mass is 16.7. The van der Waals surface area contributed by atoms with E-state index < -0.39 is 23.3 Å². The highest BCUT2D eigenvalue weighted by Crippen LogP contribution is 2.56. The van der Waals surface area contributed by atoms with Crippen LogP contribution < -0.4 is 0 Å². The molecule has 5 nitrogen and oxygen atoms in total. The first-order chi connectivity index (χ1) is 16.1. The molecule has 1 aliphatic heterocycles. The van der Waals surface area contributed by atoms with Gasteiger partial charge in [-0.1, -0.05) is 91.0 Å². The van der Waals surface area contributed by atoms with Gasteiger partial charge in [-0.25, -0.2) is 4.79 Å². The van der Waals surface area contributed by atoms with Crippen LogP contribution in [0.2, 0.25) is 0 Å². The Kier molecular flexibility index (Phi) is 6.02. The lowest BCUT2D eigenvalue weighted by molar-refractivity contribution is -0.167. The van der Waals surface area contributed by atoms with Gasteiger partial charge in [0.05, 0.1) is 19.8 Å². The predicted octanol–water partition coefficient (Wildman–Crippen LogP) is 4.83. The zero-order valence-electron chi connectivity index (χ0n) is 18.7. The number of hydrogen-bond acceptors (Lipinski definition) is 5. The molecule has 5 heteroatoms. The van der Waals surface area contributed by atoms with E-state index in [1.54, 1.807) is 6.92 Å². The second kappa shape index (κ2) is 9.10. The van der Waals surface area contributed by atoms with Gasteiger partial charge in [-0.05, 0) is 23.6 Å². The van der Waals surface area contributed by atoms with Gasteiger partial charge in [0, 0.05) is 6.42 Å². The fourth-order valence-electron chi connectivity index (χ4n) is 4.48. The largest absolute Gasteiger partial charge is 0.451 e. The SMILES string of the molecule is C[C@]1(OCc2ccccc2)C(=O)OC2(C[C@H]2OCc2ccccc2)[C@H]1OCc1ccccc1. The predicted molar refractivity (Wildman–Crippen MR) is 123 cm³/mol. The van der Waals surface area contributed by atoms with Crippen molar-refractivity contribution < 1.29 is 23.7 Å². The van der Waals surface area contributed by atoms with E-state index in [-0.39, 0.29) is 6.10 Å². The lowest BCUT2D eigenvalue weighted by Gasteiger charge is -2.29. The van der Waals surface area contributed by atoms with Gasteiger partial charge in [0.1, 0.15) is 12.2 Å². The highest BCUT2D eigenvalue weighted by Gasteiger charge is 2.76. The van der Waals surface area contributed by atoms with Crippen LogP contribution in [0.4, 0.5) is 0 Å². The topological polar surface area (TPSA) is 54.0 Å². The molecule has 0 amide bonds. The van der Waals surface area contributed by atoms with Gasteiger partial charge in [-0.2, -0.15) is 0 Å². The summed E-state index contributed by atoms with van der Waals surface area (Å²) in [5.74, 6) is -0.401. The summed E-state index contributed by atoms with van der Waals surface area (Å²) >= 11 is 0. The minimum Gasteiger partial charge on any atom is -0.451 e. The van der Waals surface area contributed by atoms with Crippen LogP contribution in [0.15, 0.2) is 91.0 Å². The van der Waals surface area contributed by atoms with Crippen molar-refractivity contribution in [3.05, 3.63) is 108 Å². The van der Waals surface area contributed by atoms with Crippen LogP contribution in [0.5, 0.6) is 0 Å². The Morgan fingerprint density at radius 1 is 0.758 bits per heavy atom. The number of hydrogen-bond donors (Lipinski definition) is 0. The zero-order valence-corrected chi connectivity index (χ0v) is 18.7. The fraction of sp³-hybridized carbons (Fsp3) is 0.321. The molecule has 1 spiro atoms. The molecule has 3 aromatic carbocycles. The van der Waals surface area contributed by atoms with Gasteiger partial charge in [-0.3, -0.25) is 0 Å². The molecule has 3 aromatic rings. The molecule has 5 rings (SSSR count). The van der Waals surface area contributed by atoms with Crippen LogP contribution in [0, 0.1) is 0 Å². The lowest BCUT2D eigenvalue weighted by atomic mass is 9.95. The van der Waals surface area contributed by atoms with Crippen LogP contribution in [0.3, 0.4) is 0 Å². The molecule has 1 saturated carbocycles. The molecule has 1 heterocycles. The first-order valence-electron chi connectivity index (χ1n) is 11.3. The van der Waals surface area contributed by atoms with Crippen molar-refractivity contribution in [2.45, 2.75) is 56.6 Å². The Morgan fingerprint density at radius 3 is 1.79 bits per heavy atom. The Balaban J connectivity index is 1.34. The van der Waals surface area contributed by atoms with Crippen molar-refractivity contribution in [1.29, 1.82) is 0 Å². The van der Waals surface area contributed by atoms with Crippen LogP contribution in [0.25, 0.3) is 0 Å². The van der Waals surface area contributed by atoms with E-state index >= 15 is 0 Å². The Hall–Kier alpha value is -2.99. The molecule has 4 atom stereocenters. The molecular formula is C28H28O5. The number of benzene rings is 3. The van der Waals surface area contributed by atoms with Gasteiger partial charge in [0.2, 0.25) is 0 Å². The number of rotatable bonds is 9. The van der Waals surface area contributed by atoms with Crippen molar-refractivity contribution >= 4 is 5.97 Å². The van der Waals surface area contributed by atoms with Crippen molar-refractivity contribution in [3.8, 4) is 0 Å². The number of ether oxygens (including phenoxy) is 4. The van der Waals surface area contributed by atoms with Crippen molar-refractivity contribution in [2.75, 3.05) is 0 Å². The Labute approximate surface area is 194 Å². The van der Waals surface area contributed by atoms with Gasteiger partial charge in [0.15, 0.2) is 11.2 Å². The number of esters is 1. The molecular weight excluding hydrogens is 416 g/mol. The van der Waals surface area contributed by atoms with E-state index in [0.717, 1.165) is 16.7 Å². The van der Waals surface area contributed by atoms with Crippen LogP contribution >= 0.6 is 0 Å². The van der Waals surface area contributed by atoms with Crippen molar-refractivity contribution in [2.24, 2.45) is 0 Å². The summed E-state index contributed by atoms with van der Waals surface area (Å²) in [6.45, 7) is 2.88. The Morgan fingerprint density at radius 2 is 1.24 bits per heavy atom. The van der Waals surface area contributed by atoms with Crippen LogP contribution in [-0.4, -0.2) is 29.4 Å². The summed E-state index contributed by atoms with van der Waals surface area (Å²) in [6, 6.07) is 29.7. The van der Waals surface area contributed by atoms with E-state index in [4.69, 9.17) is 18.9 Å². The van der Waals surface area contributed by atoms with Crippen molar-refractivity contribution in [1.82, 2.24) is 0 Å². The molecule has 0 bridgehead atoms. The summed E-state index contributed by atoms with van der Waals surface area (Å²) in [4.78, 5) is 13.1. The number of carbonyl (C=O) groups is 1. The zero-order chi connectivity index (χ0) is 22.7. The summed E-state index contributed by atoms with van der Waals surface area (Å²) in [5, 5.41) is 0. The first-order valence-corrected chi connectivity index (χ1v) is 11.3. The molecule has 1 saturated heterocycles.